The van der Waals surface area contributed by atoms with E-state index in [1.54, 1.807) is 11.3 Å². The minimum Gasteiger partial charge on any atom is -0.337 e. The van der Waals surface area contributed by atoms with Crippen molar-refractivity contribution in [3.63, 3.8) is 0 Å². The van der Waals surface area contributed by atoms with Crippen LogP contribution in [-0.2, 0) is 6.42 Å². The highest BCUT2D eigenvalue weighted by molar-refractivity contribution is 7.09. The van der Waals surface area contributed by atoms with Crippen LogP contribution in [0.2, 0.25) is 0 Å². The van der Waals surface area contributed by atoms with Gasteiger partial charge in [-0.25, -0.2) is 4.98 Å². The summed E-state index contributed by atoms with van der Waals surface area (Å²) in [6.45, 7) is 6.09. The van der Waals surface area contributed by atoms with Gasteiger partial charge in [0.1, 0.15) is 5.69 Å². The zero-order valence-corrected chi connectivity index (χ0v) is 14.0. The maximum absolute atomic E-state index is 12.5. The van der Waals surface area contributed by atoms with Crippen molar-refractivity contribution < 1.29 is 4.79 Å². The molecule has 1 aromatic heterocycles. The van der Waals surface area contributed by atoms with E-state index in [1.807, 2.05) is 10.3 Å². The largest absolute Gasteiger partial charge is 0.337 e. The summed E-state index contributed by atoms with van der Waals surface area (Å²) in [6.07, 6.45) is 5.72. The molecule has 2 saturated heterocycles. The van der Waals surface area contributed by atoms with Crippen molar-refractivity contribution in [2.45, 2.75) is 32.1 Å². The quantitative estimate of drug-likeness (QED) is 0.894. The lowest BCUT2D eigenvalue weighted by molar-refractivity contribution is 0.0667. The number of thiazole rings is 1. The molecule has 2 aliphatic rings. The zero-order chi connectivity index (χ0) is 15.4. The van der Waals surface area contributed by atoms with Crippen LogP contribution < -0.4 is 5.73 Å². The van der Waals surface area contributed by atoms with Crippen LogP contribution in [0, 0.1) is 5.92 Å². The fourth-order valence-corrected chi connectivity index (χ4v) is 4.25. The van der Waals surface area contributed by atoms with E-state index in [9.17, 15) is 4.79 Å². The summed E-state index contributed by atoms with van der Waals surface area (Å²) < 4.78 is 0. The second kappa shape index (κ2) is 7.53. The van der Waals surface area contributed by atoms with Gasteiger partial charge in [-0.2, -0.15) is 0 Å². The van der Waals surface area contributed by atoms with Crippen LogP contribution >= 0.6 is 11.3 Å². The topological polar surface area (TPSA) is 62.5 Å². The number of hydrogen-bond acceptors (Lipinski definition) is 5. The normalized spacial score (nSPS) is 20.7. The summed E-state index contributed by atoms with van der Waals surface area (Å²) in [6, 6.07) is 0. The van der Waals surface area contributed by atoms with Crippen LogP contribution in [-0.4, -0.2) is 60.0 Å². The summed E-state index contributed by atoms with van der Waals surface area (Å²) in [7, 11) is 0. The number of nitrogens with zero attached hydrogens (tertiary/aromatic N) is 3. The van der Waals surface area contributed by atoms with Crippen molar-refractivity contribution >= 4 is 17.2 Å². The Morgan fingerprint density at radius 1 is 1.27 bits per heavy atom. The van der Waals surface area contributed by atoms with E-state index in [2.05, 4.69) is 9.88 Å². The molecule has 0 atom stereocenters. The average molecular weight is 322 g/mol. The van der Waals surface area contributed by atoms with Gasteiger partial charge in [-0.3, -0.25) is 4.79 Å². The van der Waals surface area contributed by atoms with E-state index in [1.165, 1.54) is 32.5 Å². The molecule has 2 fully saturated rings. The first-order valence-corrected chi connectivity index (χ1v) is 9.30. The van der Waals surface area contributed by atoms with Crippen LogP contribution in [0.5, 0.6) is 0 Å². The number of nitrogens with two attached hydrogens (primary N) is 1. The van der Waals surface area contributed by atoms with Crippen molar-refractivity contribution in [3.05, 3.63) is 16.1 Å². The first kappa shape index (κ1) is 15.9. The number of carbonyl (C=O) groups excluding carboxylic acids is 1. The molecule has 0 aromatic carbocycles. The van der Waals surface area contributed by atoms with Gasteiger partial charge >= 0.3 is 0 Å². The summed E-state index contributed by atoms with van der Waals surface area (Å²) in [5.41, 5.74) is 6.14. The lowest BCUT2D eigenvalue weighted by Crippen LogP contribution is -2.41. The summed E-state index contributed by atoms with van der Waals surface area (Å²) in [4.78, 5) is 21.5. The first-order chi connectivity index (χ1) is 10.8. The number of likely N-dealkylation sites (tertiary alicyclic amines) is 2. The van der Waals surface area contributed by atoms with Crippen LogP contribution in [0.1, 0.15) is 41.2 Å². The molecule has 0 unspecified atom stereocenters. The third-order valence-corrected chi connectivity index (χ3v) is 5.65. The molecular formula is C16H26N4OS. The maximum Gasteiger partial charge on any atom is 0.273 e. The molecule has 2 aliphatic heterocycles. The van der Waals surface area contributed by atoms with Crippen molar-refractivity contribution in [2.24, 2.45) is 11.7 Å². The van der Waals surface area contributed by atoms with Gasteiger partial charge in [0.15, 0.2) is 0 Å². The van der Waals surface area contributed by atoms with E-state index < -0.39 is 0 Å². The van der Waals surface area contributed by atoms with Gasteiger partial charge < -0.3 is 15.5 Å². The maximum atomic E-state index is 12.5. The van der Waals surface area contributed by atoms with E-state index in [4.69, 9.17) is 5.73 Å². The van der Waals surface area contributed by atoms with Crippen molar-refractivity contribution in [1.29, 1.82) is 0 Å². The smallest absolute Gasteiger partial charge is 0.273 e. The Bertz CT molecular complexity index is 490. The first-order valence-electron chi connectivity index (χ1n) is 8.42. The van der Waals surface area contributed by atoms with Gasteiger partial charge in [0.2, 0.25) is 0 Å². The zero-order valence-electron chi connectivity index (χ0n) is 13.2. The molecule has 3 heterocycles. The van der Waals surface area contributed by atoms with E-state index in [0.29, 0.717) is 12.2 Å². The Labute approximate surface area is 136 Å². The van der Waals surface area contributed by atoms with Crippen molar-refractivity contribution in [2.75, 3.05) is 39.3 Å². The minimum atomic E-state index is 0.0964. The fourth-order valence-electron chi connectivity index (χ4n) is 3.46. The Morgan fingerprint density at radius 3 is 2.68 bits per heavy atom. The molecule has 0 spiro atoms. The minimum absolute atomic E-state index is 0.0964. The molecular weight excluding hydrogens is 296 g/mol. The molecule has 1 amide bonds. The SMILES string of the molecule is NCCc1nc(C(=O)N2CCC(CN3CCCC3)CC2)cs1. The number of amides is 1. The molecule has 0 bridgehead atoms. The van der Waals surface area contributed by atoms with E-state index >= 15 is 0 Å². The molecule has 0 radical (unpaired) electrons. The van der Waals surface area contributed by atoms with Crippen LogP contribution in [0.15, 0.2) is 5.38 Å². The summed E-state index contributed by atoms with van der Waals surface area (Å²) in [5.74, 6) is 0.851. The lowest BCUT2D eigenvalue weighted by atomic mass is 9.96. The number of piperidine rings is 1. The number of hydrogen-bond donors (Lipinski definition) is 1. The van der Waals surface area contributed by atoms with Crippen molar-refractivity contribution in [1.82, 2.24) is 14.8 Å². The second-order valence-corrected chi connectivity index (χ2v) is 7.35. The standard InChI is InChI=1S/C16H26N4OS/c17-6-3-15-18-14(12-22-15)16(21)20-9-4-13(5-10-20)11-19-7-1-2-8-19/h12-13H,1-11,17H2. The van der Waals surface area contributed by atoms with Gasteiger partial charge in [-0.15, -0.1) is 11.3 Å². The molecule has 2 N–H and O–H groups in total. The summed E-state index contributed by atoms with van der Waals surface area (Å²) in [5, 5.41) is 2.85. The Balaban J connectivity index is 1.48. The lowest BCUT2D eigenvalue weighted by Gasteiger charge is -2.33. The molecule has 0 saturated carbocycles. The Morgan fingerprint density at radius 2 is 2.00 bits per heavy atom. The van der Waals surface area contributed by atoms with Crippen LogP contribution in [0.4, 0.5) is 0 Å². The third-order valence-electron chi connectivity index (χ3n) is 4.75. The third kappa shape index (κ3) is 3.86. The molecule has 5 nitrogen and oxygen atoms in total. The predicted molar refractivity (Wildman–Crippen MR) is 89.2 cm³/mol. The van der Waals surface area contributed by atoms with Crippen LogP contribution in [0.3, 0.4) is 0 Å². The number of carbonyl (C=O) groups is 1. The van der Waals surface area contributed by atoms with Gasteiger partial charge in [0.25, 0.3) is 5.91 Å². The molecule has 1 aromatic rings. The predicted octanol–water partition coefficient (Wildman–Crippen LogP) is 1.59. The molecule has 6 heteroatoms. The highest BCUT2D eigenvalue weighted by Gasteiger charge is 2.26. The molecule has 0 aliphatic carbocycles. The second-order valence-electron chi connectivity index (χ2n) is 6.41. The molecule has 122 valence electrons. The van der Waals surface area contributed by atoms with Gasteiger partial charge in [0, 0.05) is 31.4 Å². The van der Waals surface area contributed by atoms with E-state index in [-0.39, 0.29) is 5.91 Å². The van der Waals surface area contributed by atoms with Gasteiger partial charge in [-0.1, -0.05) is 0 Å². The number of rotatable bonds is 5. The van der Waals surface area contributed by atoms with Crippen molar-refractivity contribution in [3.8, 4) is 0 Å². The monoisotopic (exact) mass is 322 g/mol. The Kier molecular flexibility index (Phi) is 5.44. The average Bonchev–Trinajstić information content (AvgIpc) is 3.20. The Hall–Kier alpha value is -0.980. The summed E-state index contributed by atoms with van der Waals surface area (Å²) >= 11 is 1.54. The highest BCUT2D eigenvalue weighted by atomic mass is 32.1. The van der Waals surface area contributed by atoms with Gasteiger partial charge in [0.05, 0.1) is 5.01 Å². The van der Waals surface area contributed by atoms with Gasteiger partial charge in [-0.05, 0) is 51.2 Å². The number of aromatic nitrogens is 1. The fraction of sp³-hybridized carbons (Fsp3) is 0.750. The molecule has 3 rings (SSSR count). The van der Waals surface area contributed by atoms with E-state index in [0.717, 1.165) is 43.3 Å². The highest BCUT2D eigenvalue weighted by Crippen LogP contribution is 2.22. The van der Waals surface area contributed by atoms with Crippen LogP contribution in [0.25, 0.3) is 0 Å². The molecule has 22 heavy (non-hydrogen) atoms.